The number of hydrogen-bond acceptors (Lipinski definition) is 4. The monoisotopic (exact) mass is 163 g/mol. The van der Waals surface area contributed by atoms with E-state index in [-0.39, 0.29) is 0 Å². The minimum Gasteiger partial charge on any atom is -0.214 e. The maximum absolute atomic E-state index is 11.1. The van der Waals surface area contributed by atoms with Crippen LogP contribution in [0.4, 0.5) is 3.89 Å². The van der Waals surface area contributed by atoms with Gasteiger partial charge in [-0.1, -0.05) is 8.01 Å². The molecule has 0 unspecified atom stereocenters. The Bertz CT molecular complexity index is 214. The highest BCUT2D eigenvalue weighted by Gasteiger charge is 2.03. The van der Waals surface area contributed by atoms with E-state index in [1.807, 2.05) is 0 Å². The highest BCUT2D eigenvalue weighted by atomic mass is 32.3. The van der Waals surface area contributed by atoms with Crippen LogP contribution in [0.25, 0.3) is 0 Å². The van der Waals surface area contributed by atoms with Crippen LogP contribution < -0.4 is 4.13 Å². The maximum atomic E-state index is 11.1. The molecule has 0 heterocycles. The Balaban J connectivity index is 4.16. The Morgan fingerprint density at radius 2 is 1.75 bits per heavy atom. The first-order valence-corrected chi connectivity index (χ1v) is 3.84. The highest BCUT2D eigenvalue weighted by Crippen LogP contribution is 1.79. The lowest BCUT2D eigenvalue weighted by molar-refractivity contribution is 0.545. The van der Waals surface area contributed by atoms with Crippen molar-refractivity contribution in [3.05, 3.63) is 0 Å². The van der Waals surface area contributed by atoms with Crippen LogP contribution in [0.5, 0.6) is 0 Å². The third-order valence-corrected chi connectivity index (χ3v) is 1.65. The Morgan fingerprint density at radius 3 is 1.75 bits per heavy atom. The van der Waals surface area contributed by atoms with Crippen molar-refractivity contribution >= 4 is 21.3 Å². The molecule has 0 bridgehead atoms. The van der Waals surface area contributed by atoms with Gasteiger partial charge in [0.25, 0.3) is 0 Å². The second-order valence-electron chi connectivity index (χ2n) is 0.786. The van der Waals surface area contributed by atoms with Gasteiger partial charge in [0.05, 0.1) is 0 Å². The smallest absolute Gasteiger partial charge is 0.214 e. The van der Waals surface area contributed by atoms with Crippen LogP contribution in [0, 0.1) is 0 Å². The van der Waals surface area contributed by atoms with Crippen molar-refractivity contribution in [1.29, 1.82) is 0 Å². The van der Waals surface area contributed by atoms with Crippen molar-refractivity contribution in [3.63, 3.8) is 0 Å². The fourth-order valence-corrected chi connectivity index (χ4v) is 0.801. The second-order valence-corrected chi connectivity index (χ2v) is 2.91. The molecule has 1 N–H and O–H groups in total. The van der Waals surface area contributed by atoms with E-state index < -0.39 is 21.3 Å². The molecule has 5 nitrogen and oxygen atoms in total. The summed E-state index contributed by atoms with van der Waals surface area (Å²) >= 11 is 0. The minimum atomic E-state index is -5.07. The molecule has 0 aromatic carbocycles. The van der Waals surface area contributed by atoms with Gasteiger partial charge in [0.1, 0.15) is 0 Å². The predicted octanol–water partition coefficient (Wildman–Crippen LogP) is -1.68. The van der Waals surface area contributed by atoms with Gasteiger partial charge < -0.3 is 0 Å². The molecule has 0 saturated heterocycles. The molecule has 0 atom stereocenters. The molecule has 0 amide bonds. The van der Waals surface area contributed by atoms with Gasteiger partial charge in [-0.05, 0) is 0 Å². The van der Waals surface area contributed by atoms with Gasteiger partial charge in [0, 0.05) is 0 Å². The molecule has 8 heavy (non-hydrogen) atoms. The summed E-state index contributed by atoms with van der Waals surface area (Å²) < 4.78 is 49.0. The molecule has 0 fully saturated rings. The zero-order chi connectivity index (χ0) is 6.78. The topological polar surface area (TPSA) is 80.3 Å². The summed E-state index contributed by atoms with van der Waals surface area (Å²) in [5.41, 5.74) is 0. The summed E-state index contributed by atoms with van der Waals surface area (Å²) in [6, 6.07) is 0. The number of nitrogens with one attached hydrogen (secondary N) is 1. The van der Waals surface area contributed by atoms with E-state index in [1.54, 1.807) is 0 Å². The summed E-state index contributed by atoms with van der Waals surface area (Å²) in [6.45, 7) is 0. The molecular weight excluding hydrogens is 161 g/mol. The zero-order valence-electron chi connectivity index (χ0n) is 3.37. The van der Waals surface area contributed by atoms with Crippen molar-refractivity contribution in [2.24, 2.45) is 0 Å². The van der Waals surface area contributed by atoms with E-state index in [1.165, 1.54) is 0 Å². The Kier molecular flexibility index (Phi) is 2.31. The SMILES string of the molecule is O=[SH](=O)NS(=O)(=O)F. The van der Waals surface area contributed by atoms with Crippen LogP contribution in [-0.2, 0) is 21.3 Å². The van der Waals surface area contributed by atoms with E-state index in [0.29, 0.717) is 4.13 Å². The molecule has 8 heteroatoms. The van der Waals surface area contributed by atoms with Gasteiger partial charge in [-0.15, -0.1) is 0 Å². The van der Waals surface area contributed by atoms with E-state index in [0.717, 1.165) is 0 Å². The normalized spacial score (nSPS) is 12.2. The second kappa shape index (κ2) is 2.37. The number of hydrogen-bond donors (Lipinski definition) is 2. The first-order chi connectivity index (χ1) is 3.42. The average molecular weight is 163 g/mol. The molecule has 0 rings (SSSR count). The van der Waals surface area contributed by atoms with Crippen molar-refractivity contribution in [3.8, 4) is 0 Å². The van der Waals surface area contributed by atoms with Crippen molar-refractivity contribution in [1.82, 2.24) is 4.13 Å². The van der Waals surface area contributed by atoms with Crippen molar-refractivity contribution in [2.45, 2.75) is 0 Å². The fraction of sp³-hybridized carbons (Fsp3) is 0. The summed E-state index contributed by atoms with van der Waals surface area (Å²) in [6.07, 6.45) is 0. The van der Waals surface area contributed by atoms with Crippen molar-refractivity contribution in [2.75, 3.05) is 0 Å². The molecule has 50 valence electrons. The van der Waals surface area contributed by atoms with Gasteiger partial charge >= 0.3 is 10.4 Å². The quantitative estimate of drug-likeness (QED) is 0.376. The van der Waals surface area contributed by atoms with Crippen molar-refractivity contribution < 1.29 is 20.7 Å². The van der Waals surface area contributed by atoms with E-state index in [9.17, 15) is 20.7 Å². The number of halogens is 1. The van der Waals surface area contributed by atoms with E-state index in [4.69, 9.17) is 0 Å². The minimum absolute atomic E-state index is 0.641. The molecule has 0 aliphatic heterocycles. The lowest BCUT2D eigenvalue weighted by Crippen LogP contribution is -2.15. The van der Waals surface area contributed by atoms with E-state index >= 15 is 0 Å². The molecule has 0 aromatic heterocycles. The van der Waals surface area contributed by atoms with Gasteiger partial charge in [-0.25, -0.2) is 8.42 Å². The molecule has 0 aliphatic carbocycles. The molecular formula is H2FNO4S2. The summed E-state index contributed by atoms with van der Waals surface area (Å²) in [5.74, 6) is 0. The first kappa shape index (κ1) is 7.79. The van der Waals surface area contributed by atoms with Crippen LogP contribution in [0.15, 0.2) is 0 Å². The standard InChI is InChI=1S/FH2NO4S2/c1-8(5,6)2-7(3)4/h7H,(H,2,3,4). The van der Waals surface area contributed by atoms with Gasteiger partial charge in [-0.2, -0.15) is 8.42 Å². The first-order valence-electron chi connectivity index (χ1n) is 1.28. The van der Waals surface area contributed by atoms with Crippen LogP contribution >= 0.6 is 0 Å². The summed E-state index contributed by atoms with van der Waals surface area (Å²) in [7, 11) is -8.47. The van der Waals surface area contributed by atoms with Crippen LogP contribution in [0.3, 0.4) is 0 Å². The molecule has 0 spiro atoms. The Morgan fingerprint density at radius 1 is 1.38 bits per heavy atom. The fourth-order valence-electron chi connectivity index (χ4n) is 0.0890. The van der Waals surface area contributed by atoms with Gasteiger partial charge in [-0.3, -0.25) is 0 Å². The largest absolute Gasteiger partial charge is 0.385 e. The molecule has 0 saturated carbocycles. The molecule has 0 radical (unpaired) electrons. The predicted molar refractivity (Wildman–Crippen MR) is 23.5 cm³/mol. The third kappa shape index (κ3) is 5.79. The lowest BCUT2D eigenvalue weighted by Gasteiger charge is -1.80. The zero-order valence-corrected chi connectivity index (χ0v) is 5.08. The van der Waals surface area contributed by atoms with Crippen LogP contribution in [0.2, 0.25) is 0 Å². The number of rotatable bonds is 2. The molecule has 0 aromatic rings. The maximum Gasteiger partial charge on any atom is 0.385 e. The average Bonchev–Trinajstić information content (AvgIpc) is 1.21. The van der Waals surface area contributed by atoms with Crippen LogP contribution in [0.1, 0.15) is 0 Å². The van der Waals surface area contributed by atoms with E-state index in [2.05, 4.69) is 0 Å². The summed E-state index contributed by atoms with van der Waals surface area (Å²) in [4.78, 5) is 0. The third-order valence-electron chi connectivity index (χ3n) is 0.184. The Hall–Kier alpha value is -0.210. The summed E-state index contributed by atoms with van der Waals surface area (Å²) in [5, 5.41) is 0. The molecule has 0 aliphatic rings. The number of thiol groups is 1. The van der Waals surface area contributed by atoms with Gasteiger partial charge in [0.15, 0.2) is 0 Å². The lowest BCUT2D eigenvalue weighted by atomic mass is 13.9. The van der Waals surface area contributed by atoms with Crippen LogP contribution in [-0.4, -0.2) is 16.8 Å². The van der Waals surface area contributed by atoms with Gasteiger partial charge in [0.2, 0.25) is 10.9 Å². The highest BCUT2D eigenvalue weighted by molar-refractivity contribution is 7.94. The Labute approximate surface area is 46.9 Å².